The summed E-state index contributed by atoms with van der Waals surface area (Å²) in [4.78, 5) is 38.9. The van der Waals surface area contributed by atoms with E-state index in [2.05, 4.69) is 26.5 Å². The Bertz CT molecular complexity index is 843. The van der Waals surface area contributed by atoms with Crippen LogP contribution in [-0.4, -0.2) is 41.2 Å². The van der Waals surface area contributed by atoms with Crippen molar-refractivity contribution in [2.75, 3.05) is 12.1 Å². The first kappa shape index (κ1) is 20.7. The predicted octanol–water partition coefficient (Wildman–Crippen LogP) is 0.778. The van der Waals surface area contributed by atoms with Crippen LogP contribution < -0.4 is 11.3 Å². The van der Waals surface area contributed by atoms with Gasteiger partial charge >= 0.3 is 7.60 Å². The molecule has 12 heteroatoms. The number of nitrogens with zero attached hydrogens (tertiary/aromatic N) is 2. The van der Waals surface area contributed by atoms with Crippen molar-refractivity contribution in [1.29, 1.82) is 0 Å². The van der Waals surface area contributed by atoms with E-state index in [-0.39, 0.29) is 23.3 Å². The maximum absolute atomic E-state index is 12.4. The third-order valence-corrected chi connectivity index (χ3v) is 3.32. The molecular weight excluding hydrogens is 356 g/mol. The van der Waals surface area contributed by atoms with Crippen molar-refractivity contribution in [3.8, 4) is 0 Å². The molecule has 0 fully saturated rings. The fourth-order valence-corrected chi connectivity index (χ4v) is 1.78. The molecule has 1 unspecified atom stereocenters. The normalized spacial score (nSPS) is 16.3. The van der Waals surface area contributed by atoms with Crippen molar-refractivity contribution >= 4 is 24.7 Å². The number of nitrogens with two attached hydrogens (primary N) is 1. The van der Waals surface area contributed by atoms with Crippen LogP contribution in [-0.2, 0) is 4.57 Å². The first-order chi connectivity index (χ1) is 11.7. The van der Waals surface area contributed by atoms with Gasteiger partial charge in [0.05, 0.1) is 6.33 Å². The number of aliphatic hydroxyl groups is 1. The van der Waals surface area contributed by atoms with Crippen LogP contribution in [0.3, 0.4) is 0 Å². The van der Waals surface area contributed by atoms with Gasteiger partial charge in [0, 0.05) is 5.92 Å². The molecule has 7 N–H and O–H groups in total. The Balaban J connectivity index is 0.000000199. The van der Waals surface area contributed by atoms with Gasteiger partial charge in [-0.05, 0) is 12.8 Å². The second-order valence-electron chi connectivity index (χ2n) is 4.87. The molecule has 1 aliphatic carbocycles. The topological polar surface area (TPSA) is 178 Å². The Morgan fingerprint density at radius 3 is 2.60 bits per heavy atom. The minimum Gasteiger partial charge on any atom is -0.384 e. The van der Waals surface area contributed by atoms with Crippen molar-refractivity contribution in [2.24, 2.45) is 5.92 Å². The van der Waals surface area contributed by atoms with Crippen LogP contribution in [0.25, 0.3) is 11.2 Å². The lowest BCUT2D eigenvalue weighted by Gasteiger charge is -1.97. The first-order valence-corrected chi connectivity index (χ1v) is 8.80. The van der Waals surface area contributed by atoms with Gasteiger partial charge in [-0.25, -0.2) is 9.37 Å². The van der Waals surface area contributed by atoms with Gasteiger partial charge in [-0.15, -0.1) is 6.58 Å². The van der Waals surface area contributed by atoms with Crippen molar-refractivity contribution in [2.45, 2.75) is 12.8 Å². The molecule has 0 spiro atoms. The molecule has 1 aliphatic rings. The molecule has 1 atom stereocenters. The van der Waals surface area contributed by atoms with Crippen molar-refractivity contribution in [1.82, 2.24) is 19.9 Å². The first-order valence-electron chi connectivity index (χ1n) is 7.00. The number of aliphatic hydroxyl groups excluding tert-OH is 1. The Morgan fingerprint density at radius 1 is 1.52 bits per heavy atom. The molecular formula is C13H19FN5O5P. The second kappa shape index (κ2) is 9.23. The Hall–Kier alpha value is -2.33. The molecule has 0 bridgehead atoms. The number of allylic oxidation sites excluding steroid dienone is 3. The zero-order valence-electron chi connectivity index (χ0n) is 13.1. The Morgan fingerprint density at radius 2 is 2.16 bits per heavy atom. The number of imidazole rings is 1. The number of H-pyrrole nitrogens is 2. The predicted molar refractivity (Wildman–Crippen MR) is 90.2 cm³/mol. The largest absolute Gasteiger partial charge is 0.384 e. The lowest BCUT2D eigenvalue weighted by Crippen LogP contribution is -2.10. The maximum Gasteiger partial charge on any atom is 0.350 e. The van der Waals surface area contributed by atoms with E-state index in [1.807, 2.05) is 0 Å². The molecule has 25 heavy (non-hydrogen) atoms. The number of anilines is 1. The minimum absolute atomic E-state index is 0.000000000000000222. The van der Waals surface area contributed by atoms with Crippen LogP contribution >= 0.6 is 7.60 Å². The summed E-state index contributed by atoms with van der Waals surface area (Å²) >= 11 is 0. The number of halogens is 1. The average Bonchev–Trinajstić information content (AvgIpc) is 3.16. The minimum atomic E-state index is -4.09. The molecule has 138 valence electrons. The number of aromatic amines is 2. The Kier molecular flexibility index (Phi) is 7.65. The van der Waals surface area contributed by atoms with Gasteiger partial charge in [-0.3, -0.25) is 14.3 Å². The monoisotopic (exact) mass is 375 g/mol. The highest BCUT2D eigenvalue weighted by Crippen LogP contribution is 2.31. The summed E-state index contributed by atoms with van der Waals surface area (Å²) in [5.41, 5.74) is 5.65. The van der Waals surface area contributed by atoms with Crippen molar-refractivity contribution in [3.05, 3.63) is 41.2 Å². The lowest BCUT2D eigenvalue weighted by atomic mass is 10.1. The second-order valence-corrected chi connectivity index (χ2v) is 6.48. The highest BCUT2D eigenvalue weighted by atomic mass is 31.2. The smallest absolute Gasteiger partial charge is 0.350 e. The van der Waals surface area contributed by atoms with Crippen LogP contribution in [0.2, 0.25) is 0 Å². The van der Waals surface area contributed by atoms with E-state index in [0.29, 0.717) is 11.2 Å². The fraction of sp³-hybridized carbons (Fsp3) is 0.308. The Labute approximate surface area is 141 Å². The van der Waals surface area contributed by atoms with Gasteiger partial charge in [0.15, 0.2) is 11.2 Å². The van der Waals surface area contributed by atoms with Gasteiger partial charge in [-0.1, -0.05) is 12.2 Å². The SMILES string of the molecule is C=CC1CCC=C1F.Nc1nc2nc[nH]c2c(=O)[nH]1.O=P(O)(O)CO. The highest BCUT2D eigenvalue weighted by Gasteiger charge is 2.14. The number of aromatic nitrogens is 4. The van der Waals surface area contributed by atoms with E-state index in [1.165, 1.54) is 6.33 Å². The highest BCUT2D eigenvalue weighted by molar-refractivity contribution is 7.51. The zero-order chi connectivity index (χ0) is 19.0. The lowest BCUT2D eigenvalue weighted by molar-refractivity contribution is 0.287. The zero-order valence-corrected chi connectivity index (χ0v) is 14.0. The number of fused-ring (bicyclic) bond motifs is 1. The van der Waals surface area contributed by atoms with Gasteiger partial charge < -0.3 is 25.6 Å². The molecule has 0 aliphatic heterocycles. The van der Waals surface area contributed by atoms with Crippen LogP contribution in [0.15, 0.2) is 35.7 Å². The summed E-state index contributed by atoms with van der Waals surface area (Å²) in [6.07, 6.45) is 5.42. The van der Waals surface area contributed by atoms with Crippen LogP contribution in [0, 0.1) is 5.92 Å². The third-order valence-electron chi connectivity index (χ3n) is 2.95. The van der Waals surface area contributed by atoms with Crippen molar-refractivity contribution < 1.29 is 23.8 Å². The van der Waals surface area contributed by atoms with E-state index in [1.54, 1.807) is 12.2 Å². The molecule has 3 rings (SSSR count). The molecule has 0 saturated heterocycles. The quantitative estimate of drug-likeness (QED) is 0.329. The molecule has 0 radical (unpaired) electrons. The van der Waals surface area contributed by atoms with Gasteiger partial charge in [0.1, 0.15) is 12.2 Å². The maximum atomic E-state index is 12.4. The molecule has 0 amide bonds. The van der Waals surface area contributed by atoms with Crippen LogP contribution in [0.4, 0.5) is 10.3 Å². The third kappa shape index (κ3) is 6.98. The van der Waals surface area contributed by atoms with Crippen LogP contribution in [0.5, 0.6) is 0 Å². The summed E-state index contributed by atoms with van der Waals surface area (Å²) in [6.45, 7) is 3.51. The number of rotatable bonds is 2. The number of hydrogen-bond donors (Lipinski definition) is 6. The summed E-state index contributed by atoms with van der Waals surface area (Å²) in [5, 5.41) is 7.64. The van der Waals surface area contributed by atoms with Gasteiger partial charge in [0.2, 0.25) is 5.95 Å². The molecule has 0 saturated carbocycles. The standard InChI is InChI=1S/C7H9F.C5H5N5O.CH5O4P/c1-2-6-4-3-5-7(6)8;6-5-9-3-2(4(11)10-5)7-1-8-3;2-1-6(3,4)5/h2,5-6H,1,3-4H2;1H,(H4,6,7,8,9,10,11);2H,1H2,(H2,3,4,5). The molecule has 2 aromatic heterocycles. The van der Waals surface area contributed by atoms with E-state index < -0.39 is 13.9 Å². The summed E-state index contributed by atoms with van der Waals surface area (Å²) in [5.74, 6) is 0.101. The molecule has 2 heterocycles. The number of nitrogen functional groups attached to an aromatic ring is 1. The molecule has 10 nitrogen and oxygen atoms in total. The van der Waals surface area contributed by atoms with E-state index in [4.69, 9.17) is 20.6 Å². The summed E-state index contributed by atoms with van der Waals surface area (Å²) < 4.78 is 21.8. The van der Waals surface area contributed by atoms with Crippen LogP contribution in [0.1, 0.15) is 12.8 Å². The van der Waals surface area contributed by atoms with E-state index in [9.17, 15) is 13.8 Å². The van der Waals surface area contributed by atoms with E-state index in [0.717, 1.165) is 12.8 Å². The van der Waals surface area contributed by atoms with E-state index >= 15 is 0 Å². The fourth-order valence-electron chi connectivity index (χ4n) is 1.78. The summed E-state index contributed by atoms with van der Waals surface area (Å²) in [6, 6.07) is 0. The summed E-state index contributed by atoms with van der Waals surface area (Å²) in [7, 11) is -4.09. The van der Waals surface area contributed by atoms with Crippen molar-refractivity contribution in [3.63, 3.8) is 0 Å². The molecule has 2 aromatic rings. The average molecular weight is 375 g/mol. The number of nitrogens with one attached hydrogen (secondary N) is 2. The van der Waals surface area contributed by atoms with Gasteiger partial charge in [0.25, 0.3) is 5.56 Å². The molecule has 0 aromatic carbocycles. The number of hydrogen-bond acceptors (Lipinski definition) is 6. The van der Waals surface area contributed by atoms with Gasteiger partial charge in [-0.2, -0.15) is 4.98 Å².